The lowest BCUT2D eigenvalue weighted by molar-refractivity contribution is 0.0954. The van der Waals surface area contributed by atoms with Crippen molar-refractivity contribution >= 4 is 29.0 Å². The molecule has 0 aliphatic rings. The van der Waals surface area contributed by atoms with E-state index < -0.39 is 6.03 Å². The molecule has 3 rings (SSSR count). The smallest absolute Gasteiger partial charge is 0.323 e. The molecule has 0 aliphatic heterocycles. The lowest BCUT2D eigenvalue weighted by Crippen LogP contribution is -2.28. The average Bonchev–Trinajstić information content (AvgIpc) is 2.79. The van der Waals surface area contributed by atoms with Crippen LogP contribution in [-0.2, 0) is 6.42 Å². The number of carbonyl (C=O) groups is 2. The summed E-state index contributed by atoms with van der Waals surface area (Å²) in [6.45, 7) is 0.516. The molecular formula is C25H28N4O3. The zero-order valence-corrected chi connectivity index (χ0v) is 18.5. The van der Waals surface area contributed by atoms with Gasteiger partial charge in [-0.1, -0.05) is 42.5 Å². The monoisotopic (exact) mass is 432 g/mol. The Bertz CT molecular complexity index is 1070. The molecule has 0 saturated heterocycles. The number of nitrogens with zero attached hydrogens (tertiary/aromatic N) is 1. The second kappa shape index (κ2) is 10.9. The Balaban J connectivity index is 1.69. The van der Waals surface area contributed by atoms with Gasteiger partial charge in [-0.2, -0.15) is 0 Å². The standard InChI is InChI=1S/C25H28N4O3/c1-29(2)22-14-13-19(27-25(31)28-21-11-7-8-12-23(21)32-3)17-20(22)24(30)26-16-15-18-9-5-4-6-10-18/h4-14,17H,15-16H2,1-3H3,(H,26,30)(H2,27,28,31). The second-order valence-electron chi connectivity index (χ2n) is 7.40. The number of rotatable bonds is 8. The number of carbonyl (C=O) groups excluding carboxylic acids is 2. The molecule has 32 heavy (non-hydrogen) atoms. The number of amides is 3. The van der Waals surface area contributed by atoms with Crippen LogP contribution in [0.15, 0.2) is 72.8 Å². The first-order valence-corrected chi connectivity index (χ1v) is 10.3. The van der Waals surface area contributed by atoms with E-state index in [2.05, 4.69) is 16.0 Å². The minimum Gasteiger partial charge on any atom is -0.495 e. The van der Waals surface area contributed by atoms with Crippen LogP contribution in [0.4, 0.5) is 21.9 Å². The van der Waals surface area contributed by atoms with Gasteiger partial charge in [-0.05, 0) is 42.3 Å². The molecular weight excluding hydrogens is 404 g/mol. The Hall–Kier alpha value is -4.00. The fraction of sp³-hybridized carbons (Fsp3) is 0.200. The van der Waals surface area contributed by atoms with E-state index in [1.54, 1.807) is 31.4 Å². The molecule has 7 heteroatoms. The molecule has 0 spiro atoms. The van der Waals surface area contributed by atoms with Crippen LogP contribution in [0.3, 0.4) is 0 Å². The second-order valence-corrected chi connectivity index (χ2v) is 7.40. The third-order valence-electron chi connectivity index (χ3n) is 4.88. The highest BCUT2D eigenvalue weighted by molar-refractivity contribution is 6.04. The quantitative estimate of drug-likeness (QED) is 0.493. The number of urea groups is 1. The SMILES string of the molecule is COc1ccccc1NC(=O)Nc1ccc(N(C)C)c(C(=O)NCCc2ccccc2)c1. The zero-order chi connectivity index (χ0) is 22.9. The molecule has 3 aromatic rings. The number of methoxy groups -OCH3 is 1. The predicted molar refractivity (Wildman–Crippen MR) is 129 cm³/mol. The van der Waals surface area contributed by atoms with E-state index in [0.717, 1.165) is 17.7 Å². The van der Waals surface area contributed by atoms with Gasteiger partial charge in [0.15, 0.2) is 0 Å². The van der Waals surface area contributed by atoms with Gasteiger partial charge in [0.2, 0.25) is 0 Å². The van der Waals surface area contributed by atoms with Gasteiger partial charge in [-0.25, -0.2) is 4.79 Å². The van der Waals surface area contributed by atoms with E-state index in [0.29, 0.717) is 29.2 Å². The Morgan fingerprint density at radius 3 is 2.34 bits per heavy atom. The number of benzene rings is 3. The van der Waals surface area contributed by atoms with Gasteiger partial charge < -0.3 is 25.6 Å². The van der Waals surface area contributed by atoms with Gasteiger partial charge >= 0.3 is 6.03 Å². The number of hydrogen-bond donors (Lipinski definition) is 3. The van der Waals surface area contributed by atoms with E-state index in [1.165, 1.54) is 0 Å². The van der Waals surface area contributed by atoms with Crippen LogP contribution in [0.2, 0.25) is 0 Å². The maximum absolute atomic E-state index is 12.9. The van der Waals surface area contributed by atoms with Crippen molar-refractivity contribution in [2.45, 2.75) is 6.42 Å². The third kappa shape index (κ3) is 6.01. The molecule has 0 unspecified atom stereocenters. The number of ether oxygens (including phenoxy) is 1. The van der Waals surface area contributed by atoms with Crippen molar-refractivity contribution in [1.29, 1.82) is 0 Å². The molecule has 7 nitrogen and oxygen atoms in total. The summed E-state index contributed by atoms with van der Waals surface area (Å²) in [5.41, 5.74) is 3.47. The molecule has 3 amide bonds. The van der Waals surface area contributed by atoms with Crippen LogP contribution >= 0.6 is 0 Å². The molecule has 0 heterocycles. The van der Waals surface area contributed by atoms with Crippen molar-refractivity contribution < 1.29 is 14.3 Å². The lowest BCUT2D eigenvalue weighted by atomic mass is 10.1. The summed E-state index contributed by atoms with van der Waals surface area (Å²) in [5, 5.41) is 8.51. The first kappa shape index (κ1) is 22.7. The number of hydrogen-bond acceptors (Lipinski definition) is 4. The Morgan fingerprint density at radius 1 is 0.906 bits per heavy atom. The minimum atomic E-state index is -0.428. The summed E-state index contributed by atoms with van der Waals surface area (Å²) in [5.74, 6) is 0.363. The number of nitrogens with one attached hydrogen (secondary N) is 3. The number of para-hydroxylation sites is 2. The van der Waals surface area contributed by atoms with Gasteiger partial charge in [-0.15, -0.1) is 0 Å². The molecule has 0 aliphatic carbocycles. The Labute approximate surface area is 188 Å². The topological polar surface area (TPSA) is 82.7 Å². The fourth-order valence-electron chi connectivity index (χ4n) is 3.28. The highest BCUT2D eigenvalue weighted by atomic mass is 16.5. The van der Waals surface area contributed by atoms with Crippen LogP contribution in [-0.4, -0.2) is 39.7 Å². The van der Waals surface area contributed by atoms with E-state index in [1.807, 2.05) is 67.5 Å². The van der Waals surface area contributed by atoms with Crippen LogP contribution in [0.1, 0.15) is 15.9 Å². The van der Waals surface area contributed by atoms with Gasteiger partial charge in [0.25, 0.3) is 5.91 Å². The maximum atomic E-state index is 12.9. The van der Waals surface area contributed by atoms with Crippen molar-refractivity contribution in [1.82, 2.24) is 5.32 Å². The lowest BCUT2D eigenvalue weighted by Gasteiger charge is -2.19. The highest BCUT2D eigenvalue weighted by Crippen LogP contribution is 2.25. The van der Waals surface area contributed by atoms with Gasteiger partial charge in [0.1, 0.15) is 5.75 Å². The van der Waals surface area contributed by atoms with Gasteiger partial charge in [0, 0.05) is 32.0 Å². The molecule has 0 aromatic heterocycles. The van der Waals surface area contributed by atoms with Crippen LogP contribution in [0.25, 0.3) is 0 Å². The van der Waals surface area contributed by atoms with Gasteiger partial charge in [0.05, 0.1) is 18.4 Å². The summed E-state index contributed by atoms with van der Waals surface area (Å²) >= 11 is 0. The summed E-state index contributed by atoms with van der Waals surface area (Å²) in [6.07, 6.45) is 0.739. The first-order valence-electron chi connectivity index (χ1n) is 10.3. The molecule has 166 valence electrons. The normalized spacial score (nSPS) is 10.2. The van der Waals surface area contributed by atoms with Crippen molar-refractivity contribution in [2.75, 3.05) is 43.3 Å². The molecule has 0 radical (unpaired) electrons. The summed E-state index contributed by atoms with van der Waals surface area (Å²) in [4.78, 5) is 27.2. The average molecular weight is 433 g/mol. The Morgan fingerprint density at radius 2 is 1.62 bits per heavy atom. The largest absolute Gasteiger partial charge is 0.495 e. The van der Waals surface area contributed by atoms with E-state index >= 15 is 0 Å². The van der Waals surface area contributed by atoms with E-state index in [4.69, 9.17) is 4.74 Å². The van der Waals surface area contributed by atoms with E-state index in [9.17, 15) is 9.59 Å². The summed E-state index contributed by atoms with van der Waals surface area (Å²) in [6, 6.07) is 21.9. The fourth-order valence-corrected chi connectivity index (χ4v) is 3.28. The molecule has 0 bridgehead atoms. The molecule has 0 fully saturated rings. The molecule has 0 saturated carbocycles. The first-order chi connectivity index (χ1) is 15.5. The molecule has 0 atom stereocenters. The highest BCUT2D eigenvalue weighted by Gasteiger charge is 2.15. The minimum absolute atomic E-state index is 0.196. The molecule has 3 N–H and O–H groups in total. The van der Waals surface area contributed by atoms with Crippen molar-refractivity contribution in [3.05, 3.63) is 83.9 Å². The van der Waals surface area contributed by atoms with Crippen molar-refractivity contribution in [3.8, 4) is 5.75 Å². The Kier molecular flexibility index (Phi) is 7.70. The maximum Gasteiger partial charge on any atom is 0.323 e. The van der Waals surface area contributed by atoms with Crippen LogP contribution in [0.5, 0.6) is 5.75 Å². The van der Waals surface area contributed by atoms with Gasteiger partial charge in [-0.3, -0.25) is 4.79 Å². The van der Waals surface area contributed by atoms with Crippen molar-refractivity contribution in [2.24, 2.45) is 0 Å². The van der Waals surface area contributed by atoms with E-state index in [-0.39, 0.29) is 5.91 Å². The zero-order valence-electron chi connectivity index (χ0n) is 18.5. The van der Waals surface area contributed by atoms with Crippen LogP contribution in [0, 0.1) is 0 Å². The third-order valence-corrected chi connectivity index (χ3v) is 4.88. The van der Waals surface area contributed by atoms with Crippen molar-refractivity contribution in [3.63, 3.8) is 0 Å². The number of anilines is 3. The van der Waals surface area contributed by atoms with Crippen LogP contribution < -0.4 is 25.6 Å². The summed E-state index contributed by atoms with van der Waals surface area (Å²) in [7, 11) is 5.29. The summed E-state index contributed by atoms with van der Waals surface area (Å²) < 4.78 is 5.26. The predicted octanol–water partition coefficient (Wildman–Crippen LogP) is 4.38. The molecule has 3 aromatic carbocycles.